The van der Waals surface area contributed by atoms with Crippen LogP contribution in [0, 0.1) is 0 Å². The van der Waals surface area contributed by atoms with Crippen molar-refractivity contribution in [3.8, 4) is 0 Å². The zero-order valence-corrected chi connectivity index (χ0v) is 12.6. The van der Waals surface area contributed by atoms with Gasteiger partial charge in [-0.15, -0.1) is 0 Å². The van der Waals surface area contributed by atoms with Gasteiger partial charge in [0.2, 0.25) is 5.91 Å². The van der Waals surface area contributed by atoms with Crippen LogP contribution < -0.4 is 16.4 Å². The van der Waals surface area contributed by atoms with Gasteiger partial charge >= 0.3 is 6.03 Å². The predicted molar refractivity (Wildman–Crippen MR) is 82.6 cm³/mol. The van der Waals surface area contributed by atoms with Crippen LogP contribution in [0.25, 0.3) is 0 Å². The van der Waals surface area contributed by atoms with E-state index >= 15 is 0 Å². The Morgan fingerprint density at radius 2 is 1.90 bits per heavy atom. The van der Waals surface area contributed by atoms with Crippen LogP contribution in [0.4, 0.5) is 4.79 Å². The molecule has 0 spiro atoms. The van der Waals surface area contributed by atoms with Gasteiger partial charge in [0.1, 0.15) is 0 Å². The number of nitrogens with zero attached hydrogens (tertiary/aromatic N) is 1. The van der Waals surface area contributed by atoms with E-state index in [1.54, 1.807) is 0 Å². The first kappa shape index (κ1) is 17.1. The smallest absolute Gasteiger partial charge is 0.321 e. The molecule has 0 saturated heterocycles. The van der Waals surface area contributed by atoms with Gasteiger partial charge in [-0.1, -0.05) is 30.3 Å². The molecule has 1 rings (SSSR count). The number of nitrogens with two attached hydrogens (primary N) is 1. The van der Waals surface area contributed by atoms with Crippen molar-refractivity contribution < 1.29 is 9.59 Å². The third kappa shape index (κ3) is 7.43. The van der Waals surface area contributed by atoms with Crippen LogP contribution in [0.15, 0.2) is 30.3 Å². The summed E-state index contributed by atoms with van der Waals surface area (Å²) in [6.07, 6.45) is 0. The monoisotopic (exact) mass is 292 g/mol. The minimum Gasteiger partial charge on any atom is -0.336 e. The van der Waals surface area contributed by atoms with Crippen molar-refractivity contribution in [2.45, 2.75) is 26.4 Å². The highest BCUT2D eigenvalue weighted by Gasteiger charge is 2.13. The first-order chi connectivity index (χ1) is 10.0. The maximum Gasteiger partial charge on any atom is 0.321 e. The second kappa shape index (κ2) is 9.10. The van der Waals surface area contributed by atoms with E-state index in [2.05, 4.69) is 10.6 Å². The normalized spacial score (nSPS) is 10.7. The van der Waals surface area contributed by atoms with Crippen molar-refractivity contribution in [2.75, 3.05) is 19.6 Å². The van der Waals surface area contributed by atoms with Gasteiger partial charge in [0.05, 0.1) is 6.54 Å². The number of hydrogen-bond acceptors (Lipinski definition) is 4. The number of hydrogen-bond donors (Lipinski definition) is 3. The lowest BCUT2D eigenvalue weighted by Crippen LogP contribution is -2.46. The molecule has 0 aliphatic rings. The molecule has 0 bridgehead atoms. The Balaban J connectivity index is 2.50. The standard InChI is InChI=1S/C15H24N4O2/c1-12(2)17-15(21)18-14(20)11-19(9-8-16)10-13-6-4-3-5-7-13/h3-7,12H,8-11,16H2,1-2H3,(H2,17,18,20,21). The van der Waals surface area contributed by atoms with Crippen molar-refractivity contribution in [2.24, 2.45) is 5.73 Å². The number of rotatable bonds is 7. The van der Waals surface area contributed by atoms with Crippen LogP contribution in [0.5, 0.6) is 0 Å². The largest absolute Gasteiger partial charge is 0.336 e. The molecule has 0 aliphatic carbocycles. The first-order valence-electron chi connectivity index (χ1n) is 7.08. The summed E-state index contributed by atoms with van der Waals surface area (Å²) in [4.78, 5) is 25.2. The van der Waals surface area contributed by atoms with Crippen molar-refractivity contribution >= 4 is 11.9 Å². The molecule has 3 amide bonds. The summed E-state index contributed by atoms with van der Waals surface area (Å²) >= 11 is 0. The van der Waals surface area contributed by atoms with Crippen LogP contribution in [0.3, 0.4) is 0 Å². The molecule has 0 aliphatic heterocycles. The quantitative estimate of drug-likeness (QED) is 0.690. The van der Waals surface area contributed by atoms with Crippen molar-refractivity contribution in [3.63, 3.8) is 0 Å². The Labute approximate surface area is 125 Å². The molecule has 0 unspecified atom stereocenters. The summed E-state index contributed by atoms with van der Waals surface area (Å²) in [5.41, 5.74) is 6.68. The molecule has 21 heavy (non-hydrogen) atoms. The second-order valence-electron chi connectivity index (χ2n) is 5.16. The molecule has 4 N–H and O–H groups in total. The average molecular weight is 292 g/mol. The highest BCUT2D eigenvalue weighted by molar-refractivity contribution is 5.95. The fraction of sp³-hybridized carbons (Fsp3) is 0.467. The Bertz CT molecular complexity index is 448. The third-order valence-electron chi connectivity index (χ3n) is 2.73. The van der Waals surface area contributed by atoms with E-state index in [0.29, 0.717) is 19.6 Å². The first-order valence-corrected chi connectivity index (χ1v) is 7.08. The molecule has 0 fully saturated rings. The van der Waals surface area contributed by atoms with E-state index in [0.717, 1.165) is 5.56 Å². The van der Waals surface area contributed by atoms with E-state index in [9.17, 15) is 9.59 Å². The third-order valence-corrected chi connectivity index (χ3v) is 2.73. The summed E-state index contributed by atoms with van der Waals surface area (Å²) in [5.74, 6) is -0.336. The van der Waals surface area contributed by atoms with Gasteiger partial charge in [0.25, 0.3) is 0 Å². The number of amides is 3. The molecule has 6 heteroatoms. The number of carbonyl (C=O) groups excluding carboxylic acids is 2. The number of urea groups is 1. The van der Waals surface area contributed by atoms with Gasteiger partial charge < -0.3 is 11.1 Å². The zero-order chi connectivity index (χ0) is 15.7. The van der Waals surface area contributed by atoms with Crippen molar-refractivity contribution in [3.05, 3.63) is 35.9 Å². The van der Waals surface area contributed by atoms with Crippen LogP contribution in [0.2, 0.25) is 0 Å². The van der Waals surface area contributed by atoms with E-state index in [-0.39, 0.29) is 18.5 Å². The summed E-state index contributed by atoms with van der Waals surface area (Å²) in [6, 6.07) is 9.35. The van der Waals surface area contributed by atoms with E-state index in [1.807, 2.05) is 49.1 Å². The van der Waals surface area contributed by atoms with Gasteiger partial charge in [0, 0.05) is 25.7 Å². The SMILES string of the molecule is CC(C)NC(=O)NC(=O)CN(CCN)Cc1ccccc1. The number of carbonyl (C=O) groups is 2. The van der Waals surface area contributed by atoms with Crippen LogP contribution in [0.1, 0.15) is 19.4 Å². The Morgan fingerprint density at radius 3 is 2.48 bits per heavy atom. The van der Waals surface area contributed by atoms with E-state index in [1.165, 1.54) is 0 Å². The molecule has 0 saturated carbocycles. The maximum absolute atomic E-state index is 11.9. The molecule has 6 nitrogen and oxygen atoms in total. The highest BCUT2D eigenvalue weighted by Crippen LogP contribution is 2.03. The fourth-order valence-corrected chi connectivity index (χ4v) is 1.91. The van der Waals surface area contributed by atoms with Crippen LogP contribution >= 0.6 is 0 Å². The topological polar surface area (TPSA) is 87.5 Å². The summed E-state index contributed by atoms with van der Waals surface area (Å²) in [5, 5.41) is 4.93. The molecule has 116 valence electrons. The molecule has 0 atom stereocenters. The summed E-state index contributed by atoms with van der Waals surface area (Å²) in [6.45, 7) is 5.47. The second-order valence-corrected chi connectivity index (χ2v) is 5.16. The summed E-state index contributed by atoms with van der Waals surface area (Å²) < 4.78 is 0. The van der Waals surface area contributed by atoms with Gasteiger partial charge in [-0.2, -0.15) is 0 Å². The number of benzene rings is 1. The lowest BCUT2D eigenvalue weighted by molar-refractivity contribution is -0.121. The Hall–Kier alpha value is -1.92. The molecule has 1 aromatic rings. The molecule has 0 aromatic heterocycles. The maximum atomic E-state index is 11.9. The fourth-order valence-electron chi connectivity index (χ4n) is 1.91. The number of imide groups is 1. The van der Waals surface area contributed by atoms with Crippen molar-refractivity contribution in [1.82, 2.24) is 15.5 Å². The minimum absolute atomic E-state index is 0.0118. The van der Waals surface area contributed by atoms with Gasteiger partial charge in [-0.25, -0.2) is 4.79 Å². The van der Waals surface area contributed by atoms with Gasteiger partial charge in [0.15, 0.2) is 0 Å². The van der Waals surface area contributed by atoms with Gasteiger partial charge in [-0.3, -0.25) is 15.0 Å². The summed E-state index contributed by atoms with van der Waals surface area (Å²) in [7, 11) is 0. The predicted octanol–water partition coefficient (Wildman–Crippen LogP) is 0.682. The Kier molecular flexibility index (Phi) is 7.42. The van der Waals surface area contributed by atoms with Crippen molar-refractivity contribution in [1.29, 1.82) is 0 Å². The molecular formula is C15H24N4O2. The molecule has 0 heterocycles. The lowest BCUT2D eigenvalue weighted by Gasteiger charge is -2.21. The van der Waals surface area contributed by atoms with Crippen LogP contribution in [-0.4, -0.2) is 42.5 Å². The molecule has 0 radical (unpaired) electrons. The molecular weight excluding hydrogens is 268 g/mol. The lowest BCUT2D eigenvalue weighted by atomic mass is 10.2. The van der Waals surface area contributed by atoms with E-state index < -0.39 is 6.03 Å². The minimum atomic E-state index is -0.470. The highest BCUT2D eigenvalue weighted by atomic mass is 16.2. The van der Waals surface area contributed by atoms with E-state index in [4.69, 9.17) is 5.73 Å². The molecule has 1 aromatic carbocycles. The van der Waals surface area contributed by atoms with Gasteiger partial charge in [-0.05, 0) is 19.4 Å². The number of nitrogens with one attached hydrogen (secondary N) is 2. The van der Waals surface area contributed by atoms with Crippen LogP contribution in [-0.2, 0) is 11.3 Å². The zero-order valence-electron chi connectivity index (χ0n) is 12.6. The Morgan fingerprint density at radius 1 is 1.24 bits per heavy atom. The average Bonchev–Trinajstić information content (AvgIpc) is 2.38.